The molecule has 8 N–H and O–H groups in total. The number of nitrogens with zero attached hydrogens (tertiary/aromatic N) is 1. The number of carbonyl (C=O) groups excluding carboxylic acids is 2. The second-order valence-electron chi connectivity index (χ2n) is 5.49. The number of carbonyl (C=O) groups is 2. The zero-order valence-corrected chi connectivity index (χ0v) is 13.2. The van der Waals surface area contributed by atoms with E-state index >= 15 is 0 Å². The normalized spacial score (nSPS) is 11.9. The molecule has 7 nitrogen and oxygen atoms in total. The first-order chi connectivity index (χ1) is 11.4. The molecule has 1 atom stereocenters. The van der Waals surface area contributed by atoms with E-state index in [1.54, 1.807) is 24.3 Å². The van der Waals surface area contributed by atoms with E-state index in [1.807, 2.05) is 12.1 Å². The van der Waals surface area contributed by atoms with Gasteiger partial charge in [-0.3, -0.25) is 14.6 Å². The van der Waals surface area contributed by atoms with Crippen LogP contribution in [0.1, 0.15) is 33.6 Å². The number of hydrogen-bond donors (Lipinski definition) is 4. The lowest BCUT2D eigenvalue weighted by Gasteiger charge is -2.15. The molecule has 2 aromatic rings. The summed E-state index contributed by atoms with van der Waals surface area (Å²) in [6, 6.07) is 9.86. The van der Waals surface area contributed by atoms with Crippen molar-refractivity contribution in [3.8, 4) is 0 Å². The summed E-state index contributed by atoms with van der Waals surface area (Å²) in [6.07, 6.45) is 0.957. The molecular formula is C17H21N5O2. The van der Waals surface area contributed by atoms with Crippen molar-refractivity contribution in [2.75, 3.05) is 6.54 Å². The molecule has 7 heteroatoms. The van der Waals surface area contributed by atoms with Crippen molar-refractivity contribution in [2.24, 2.45) is 27.9 Å². The first-order valence-electron chi connectivity index (χ1n) is 7.58. The lowest BCUT2D eigenvalue weighted by Crippen LogP contribution is -2.32. The fourth-order valence-electron chi connectivity index (χ4n) is 2.58. The third kappa shape index (κ3) is 3.88. The zero-order chi connectivity index (χ0) is 17.7. The van der Waals surface area contributed by atoms with Crippen molar-refractivity contribution in [3.63, 3.8) is 0 Å². The van der Waals surface area contributed by atoms with Gasteiger partial charge in [0.2, 0.25) is 5.91 Å². The molecular weight excluding hydrogens is 306 g/mol. The van der Waals surface area contributed by atoms with Crippen molar-refractivity contribution in [2.45, 2.75) is 18.9 Å². The van der Waals surface area contributed by atoms with Crippen LogP contribution < -0.4 is 22.9 Å². The van der Waals surface area contributed by atoms with Crippen molar-refractivity contribution in [1.82, 2.24) is 0 Å². The zero-order valence-electron chi connectivity index (χ0n) is 13.2. The van der Waals surface area contributed by atoms with Crippen LogP contribution in [-0.4, -0.2) is 30.2 Å². The average Bonchev–Trinajstić information content (AvgIpc) is 2.56. The smallest absolute Gasteiger partial charge is 0.249 e. The summed E-state index contributed by atoms with van der Waals surface area (Å²) in [4.78, 5) is 28.4. The number of benzene rings is 2. The van der Waals surface area contributed by atoms with Gasteiger partial charge in [0.15, 0.2) is 11.7 Å². The lowest BCUT2D eigenvalue weighted by atomic mass is 9.91. The molecule has 0 aliphatic heterocycles. The summed E-state index contributed by atoms with van der Waals surface area (Å²) in [5.74, 6) is -0.970. The molecule has 2 aromatic carbocycles. The van der Waals surface area contributed by atoms with Gasteiger partial charge in [0.05, 0.1) is 11.6 Å². The molecule has 0 aliphatic carbocycles. The summed E-state index contributed by atoms with van der Waals surface area (Å²) in [7, 11) is 0. The molecule has 0 aliphatic rings. The van der Waals surface area contributed by atoms with Crippen LogP contribution >= 0.6 is 0 Å². The Morgan fingerprint density at radius 3 is 2.42 bits per heavy atom. The molecule has 0 radical (unpaired) electrons. The van der Waals surface area contributed by atoms with E-state index < -0.39 is 11.9 Å². The Hall–Kier alpha value is -2.93. The number of guanidine groups is 1. The second-order valence-corrected chi connectivity index (χ2v) is 5.49. The van der Waals surface area contributed by atoms with Gasteiger partial charge in [0, 0.05) is 12.1 Å². The average molecular weight is 327 g/mol. The van der Waals surface area contributed by atoms with Crippen LogP contribution in [0.25, 0.3) is 10.8 Å². The minimum Gasteiger partial charge on any atom is -0.370 e. The number of ketones is 1. The fraction of sp³-hybridized carbons (Fsp3) is 0.235. The standard InChI is InChI=1S/C17H21N5O2/c18-13(6-3-9-22-17(20)21)15(23)14-11-5-2-1-4-10(11)7-8-12(14)16(19)24/h1-2,4-5,7-8,13H,3,6,9,18H2,(H2,19,24)(H4,20,21,22)/t13-/m0/s1. The Labute approximate surface area is 139 Å². The summed E-state index contributed by atoms with van der Waals surface area (Å²) in [5, 5.41) is 1.51. The number of amides is 1. The second kappa shape index (κ2) is 7.56. The van der Waals surface area contributed by atoms with Crippen LogP contribution in [0.3, 0.4) is 0 Å². The number of primary amides is 1. The van der Waals surface area contributed by atoms with Crippen LogP contribution in [0.4, 0.5) is 0 Å². The number of aliphatic imine (C=N–C) groups is 1. The third-order valence-electron chi connectivity index (χ3n) is 3.75. The van der Waals surface area contributed by atoms with Crippen LogP contribution in [0.15, 0.2) is 41.4 Å². The SMILES string of the molecule is NC(=O)c1ccc2ccccc2c1C(=O)[C@@H](N)CCCN=C(N)N. The Morgan fingerprint density at radius 2 is 1.75 bits per heavy atom. The Kier molecular flexibility index (Phi) is 5.49. The number of Topliss-reactive ketones (excluding diaryl/α,β-unsaturated/α-hetero) is 1. The molecule has 0 spiro atoms. The van der Waals surface area contributed by atoms with Gasteiger partial charge in [-0.15, -0.1) is 0 Å². The molecule has 0 fully saturated rings. The van der Waals surface area contributed by atoms with Gasteiger partial charge < -0.3 is 22.9 Å². The van der Waals surface area contributed by atoms with Gasteiger partial charge in [-0.05, 0) is 29.7 Å². The molecule has 1 amide bonds. The Balaban J connectivity index is 2.32. The molecule has 0 aromatic heterocycles. The Morgan fingerprint density at radius 1 is 1.04 bits per heavy atom. The number of hydrogen-bond acceptors (Lipinski definition) is 4. The summed E-state index contributed by atoms with van der Waals surface area (Å²) in [5.41, 5.74) is 22.4. The van der Waals surface area contributed by atoms with Gasteiger partial charge in [-0.1, -0.05) is 30.3 Å². The van der Waals surface area contributed by atoms with Crippen molar-refractivity contribution in [3.05, 3.63) is 47.5 Å². The maximum Gasteiger partial charge on any atom is 0.249 e. The van der Waals surface area contributed by atoms with E-state index in [0.717, 1.165) is 5.39 Å². The van der Waals surface area contributed by atoms with E-state index in [9.17, 15) is 9.59 Å². The predicted octanol–water partition coefficient (Wildman–Crippen LogP) is 0.502. The third-order valence-corrected chi connectivity index (χ3v) is 3.75. The molecule has 0 heterocycles. The maximum absolute atomic E-state index is 12.8. The van der Waals surface area contributed by atoms with Crippen LogP contribution in [0, 0.1) is 0 Å². The van der Waals surface area contributed by atoms with Gasteiger partial charge in [-0.2, -0.15) is 0 Å². The number of nitrogens with two attached hydrogens (primary N) is 4. The minimum absolute atomic E-state index is 0.0000314. The van der Waals surface area contributed by atoms with Gasteiger partial charge >= 0.3 is 0 Å². The van der Waals surface area contributed by atoms with Crippen LogP contribution in [0.5, 0.6) is 0 Å². The molecule has 126 valence electrons. The van der Waals surface area contributed by atoms with Gasteiger partial charge in [0.25, 0.3) is 0 Å². The first-order valence-corrected chi connectivity index (χ1v) is 7.58. The summed E-state index contributed by atoms with van der Waals surface area (Å²) < 4.78 is 0. The van der Waals surface area contributed by atoms with Crippen LogP contribution in [0.2, 0.25) is 0 Å². The van der Waals surface area contributed by atoms with Crippen molar-refractivity contribution >= 4 is 28.4 Å². The predicted molar refractivity (Wildman–Crippen MR) is 94.7 cm³/mol. The Bertz CT molecular complexity index is 797. The number of rotatable bonds is 7. The highest BCUT2D eigenvalue weighted by molar-refractivity contribution is 6.17. The van der Waals surface area contributed by atoms with Crippen molar-refractivity contribution < 1.29 is 9.59 Å². The first kappa shape index (κ1) is 17.4. The molecule has 0 bridgehead atoms. The van der Waals surface area contributed by atoms with Gasteiger partial charge in [0.1, 0.15) is 0 Å². The van der Waals surface area contributed by atoms with E-state index in [4.69, 9.17) is 22.9 Å². The minimum atomic E-state index is -0.761. The monoisotopic (exact) mass is 327 g/mol. The highest BCUT2D eigenvalue weighted by atomic mass is 16.1. The van der Waals surface area contributed by atoms with Crippen molar-refractivity contribution in [1.29, 1.82) is 0 Å². The molecule has 24 heavy (non-hydrogen) atoms. The lowest BCUT2D eigenvalue weighted by molar-refractivity contribution is 0.0940. The molecule has 2 rings (SSSR count). The van der Waals surface area contributed by atoms with Crippen LogP contribution in [-0.2, 0) is 0 Å². The topological polar surface area (TPSA) is 151 Å². The summed E-state index contributed by atoms with van der Waals surface area (Å²) in [6.45, 7) is 0.390. The molecule has 0 saturated carbocycles. The van der Waals surface area contributed by atoms with E-state index in [-0.39, 0.29) is 22.9 Å². The summed E-state index contributed by atoms with van der Waals surface area (Å²) >= 11 is 0. The van der Waals surface area contributed by atoms with E-state index in [2.05, 4.69) is 4.99 Å². The molecule has 0 saturated heterocycles. The largest absolute Gasteiger partial charge is 0.370 e. The number of fused-ring (bicyclic) bond motifs is 1. The van der Waals surface area contributed by atoms with Gasteiger partial charge in [-0.25, -0.2) is 0 Å². The quantitative estimate of drug-likeness (QED) is 0.253. The highest BCUT2D eigenvalue weighted by Crippen LogP contribution is 2.24. The van der Waals surface area contributed by atoms with E-state index in [0.29, 0.717) is 24.8 Å². The highest BCUT2D eigenvalue weighted by Gasteiger charge is 2.23. The molecule has 0 unspecified atom stereocenters. The fourth-order valence-corrected chi connectivity index (χ4v) is 2.58. The van der Waals surface area contributed by atoms with E-state index in [1.165, 1.54) is 0 Å². The maximum atomic E-state index is 12.8.